The standard InChI is InChI=1S/C18H22N4O/c1-3-21-11-5-6-14(12-21)22-17-15(7-4-10-19-17)20-18(22)16-9-8-13(2)23-16/h4,7-10,14H,3,5-6,11-12H2,1-2H3. The van der Waals surface area contributed by atoms with E-state index in [9.17, 15) is 0 Å². The fourth-order valence-corrected chi connectivity index (χ4v) is 3.53. The van der Waals surface area contributed by atoms with Crippen LogP contribution in [0.2, 0.25) is 0 Å². The first-order valence-electron chi connectivity index (χ1n) is 8.38. The topological polar surface area (TPSA) is 47.1 Å². The van der Waals surface area contributed by atoms with E-state index in [0.717, 1.165) is 48.0 Å². The molecule has 0 saturated carbocycles. The van der Waals surface area contributed by atoms with Gasteiger partial charge in [-0.25, -0.2) is 9.97 Å². The van der Waals surface area contributed by atoms with Gasteiger partial charge in [-0.05, 0) is 57.1 Å². The monoisotopic (exact) mass is 310 g/mol. The van der Waals surface area contributed by atoms with E-state index in [1.807, 2.05) is 37.4 Å². The highest BCUT2D eigenvalue weighted by atomic mass is 16.3. The molecule has 3 aromatic rings. The van der Waals surface area contributed by atoms with E-state index in [0.29, 0.717) is 6.04 Å². The van der Waals surface area contributed by atoms with Gasteiger partial charge in [0.1, 0.15) is 11.3 Å². The zero-order chi connectivity index (χ0) is 15.8. The average Bonchev–Trinajstić information content (AvgIpc) is 3.18. The number of hydrogen-bond acceptors (Lipinski definition) is 4. The summed E-state index contributed by atoms with van der Waals surface area (Å²) in [5.74, 6) is 2.63. The number of aryl methyl sites for hydroxylation is 1. The lowest BCUT2D eigenvalue weighted by Gasteiger charge is -2.33. The van der Waals surface area contributed by atoms with Crippen LogP contribution < -0.4 is 0 Å². The van der Waals surface area contributed by atoms with Gasteiger partial charge in [0.15, 0.2) is 17.2 Å². The fourth-order valence-electron chi connectivity index (χ4n) is 3.53. The number of piperidine rings is 1. The average molecular weight is 310 g/mol. The number of fused-ring (bicyclic) bond motifs is 1. The summed E-state index contributed by atoms with van der Waals surface area (Å²) in [7, 11) is 0. The second-order valence-electron chi connectivity index (χ2n) is 6.25. The molecule has 1 atom stereocenters. The molecule has 0 bridgehead atoms. The summed E-state index contributed by atoms with van der Waals surface area (Å²) in [4.78, 5) is 11.9. The summed E-state index contributed by atoms with van der Waals surface area (Å²) in [6.07, 6.45) is 4.21. The minimum Gasteiger partial charge on any atom is -0.458 e. The normalized spacial score (nSPS) is 19.5. The number of hydrogen-bond donors (Lipinski definition) is 0. The molecule has 5 heteroatoms. The molecule has 0 spiro atoms. The number of pyridine rings is 1. The van der Waals surface area contributed by atoms with Crippen molar-refractivity contribution >= 4 is 11.2 Å². The molecule has 0 radical (unpaired) electrons. The van der Waals surface area contributed by atoms with Crippen LogP contribution in [0.25, 0.3) is 22.7 Å². The Kier molecular flexibility index (Phi) is 3.65. The van der Waals surface area contributed by atoms with Crippen molar-refractivity contribution < 1.29 is 4.42 Å². The van der Waals surface area contributed by atoms with Crippen LogP contribution in [0.3, 0.4) is 0 Å². The number of likely N-dealkylation sites (tertiary alicyclic amines) is 1. The maximum absolute atomic E-state index is 5.86. The van der Waals surface area contributed by atoms with Crippen molar-refractivity contribution in [1.82, 2.24) is 19.4 Å². The maximum atomic E-state index is 5.86. The van der Waals surface area contributed by atoms with Gasteiger partial charge in [-0.15, -0.1) is 0 Å². The van der Waals surface area contributed by atoms with Crippen LogP contribution in [0.5, 0.6) is 0 Å². The number of furan rings is 1. The molecule has 3 aromatic heterocycles. The van der Waals surface area contributed by atoms with E-state index in [-0.39, 0.29) is 0 Å². The fraction of sp³-hybridized carbons (Fsp3) is 0.444. The summed E-state index contributed by atoms with van der Waals surface area (Å²) in [5, 5.41) is 0. The van der Waals surface area contributed by atoms with E-state index in [2.05, 4.69) is 21.4 Å². The van der Waals surface area contributed by atoms with Crippen molar-refractivity contribution in [2.45, 2.75) is 32.7 Å². The minimum absolute atomic E-state index is 0.393. The molecule has 0 amide bonds. The van der Waals surface area contributed by atoms with Gasteiger partial charge in [0.05, 0.1) is 6.04 Å². The minimum atomic E-state index is 0.393. The van der Waals surface area contributed by atoms with Crippen molar-refractivity contribution in [3.63, 3.8) is 0 Å². The zero-order valence-corrected chi connectivity index (χ0v) is 13.7. The highest BCUT2D eigenvalue weighted by molar-refractivity contribution is 5.76. The first-order valence-corrected chi connectivity index (χ1v) is 8.38. The summed E-state index contributed by atoms with van der Waals surface area (Å²) in [5.41, 5.74) is 1.89. The van der Waals surface area contributed by atoms with E-state index in [1.165, 1.54) is 13.0 Å². The Bertz CT molecular complexity index is 819. The third-order valence-corrected chi connectivity index (χ3v) is 4.70. The lowest BCUT2D eigenvalue weighted by Crippen LogP contribution is -2.36. The van der Waals surface area contributed by atoms with Crippen molar-refractivity contribution in [3.8, 4) is 11.6 Å². The zero-order valence-electron chi connectivity index (χ0n) is 13.7. The summed E-state index contributed by atoms with van der Waals surface area (Å²) >= 11 is 0. The van der Waals surface area contributed by atoms with Crippen molar-refractivity contribution in [2.24, 2.45) is 0 Å². The maximum Gasteiger partial charge on any atom is 0.178 e. The first kappa shape index (κ1) is 14.5. The van der Waals surface area contributed by atoms with Gasteiger partial charge in [-0.2, -0.15) is 0 Å². The third-order valence-electron chi connectivity index (χ3n) is 4.70. The predicted molar refractivity (Wildman–Crippen MR) is 90.4 cm³/mol. The second kappa shape index (κ2) is 5.81. The van der Waals surface area contributed by atoms with Gasteiger partial charge in [0, 0.05) is 12.7 Å². The molecular weight excluding hydrogens is 288 g/mol. The lowest BCUT2D eigenvalue weighted by molar-refractivity contribution is 0.188. The molecule has 0 aliphatic carbocycles. The van der Waals surface area contributed by atoms with Crippen LogP contribution in [-0.2, 0) is 0 Å². The van der Waals surface area contributed by atoms with Crippen LogP contribution in [0, 0.1) is 6.92 Å². The van der Waals surface area contributed by atoms with Crippen LogP contribution in [0.1, 0.15) is 31.6 Å². The second-order valence-corrected chi connectivity index (χ2v) is 6.25. The number of imidazole rings is 1. The molecule has 4 rings (SSSR count). The molecule has 4 heterocycles. The van der Waals surface area contributed by atoms with Gasteiger partial charge < -0.3 is 13.9 Å². The molecule has 1 unspecified atom stereocenters. The van der Waals surface area contributed by atoms with Gasteiger partial charge in [-0.3, -0.25) is 0 Å². The first-order chi connectivity index (χ1) is 11.3. The third kappa shape index (κ3) is 2.55. The Balaban J connectivity index is 1.86. The van der Waals surface area contributed by atoms with Crippen LogP contribution >= 0.6 is 0 Å². The van der Waals surface area contributed by atoms with Crippen molar-refractivity contribution in [1.29, 1.82) is 0 Å². The molecule has 1 aliphatic heterocycles. The molecule has 1 fully saturated rings. The summed E-state index contributed by atoms with van der Waals surface area (Å²) < 4.78 is 8.15. The van der Waals surface area contributed by atoms with Crippen molar-refractivity contribution in [2.75, 3.05) is 19.6 Å². The van der Waals surface area contributed by atoms with E-state index in [1.54, 1.807) is 0 Å². The highest BCUT2D eigenvalue weighted by Crippen LogP contribution is 2.32. The molecule has 0 N–H and O–H groups in total. The van der Waals surface area contributed by atoms with Crippen LogP contribution in [-0.4, -0.2) is 39.1 Å². The Hall–Kier alpha value is -2.14. The van der Waals surface area contributed by atoms with Gasteiger partial charge in [0.2, 0.25) is 0 Å². The van der Waals surface area contributed by atoms with Gasteiger partial charge in [0.25, 0.3) is 0 Å². The number of nitrogens with zero attached hydrogens (tertiary/aromatic N) is 4. The molecule has 120 valence electrons. The van der Waals surface area contributed by atoms with Crippen LogP contribution in [0.4, 0.5) is 0 Å². The predicted octanol–water partition coefficient (Wildman–Crippen LogP) is 3.66. The lowest BCUT2D eigenvalue weighted by atomic mass is 10.1. The quantitative estimate of drug-likeness (QED) is 0.741. The highest BCUT2D eigenvalue weighted by Gasteiger charge is 2.26. The Morgan fingerprint density at radius 2 is 2.22 bits per heavy atom. The molecule has 1 aliphatic rings. The van der Waals surface area contributed by atoms with Crippen molar-refractivity contribution in [3.05, 3.63) is 36.2 Å². The molecule has 23 heavy (non-hydrogen) atoms. The molecular formula is C18H22N4O. The van der Waals surface area contributed by atoms with E-state index < -0.39 is 0 Å². The van der Waals surface area contributed by atoms with Crippen LogP contribution in [0.15, 0.2) is 34.9 Å². The van der Waals surface area contributed by atoms with Gasteiger partial charge in [-0.1, -0.05) is 6.92 Å². The van der Waals surface area contributed by atoms with E-state index >= 15 is 0 Å². The number of rotatable bonds is 3. The summed E-state index contributed by atoms with van der Waals surface area (Å²) in [6, 6.07) is 8.36. The Morgan fingerprint density at radius 3 is 3.00 bits per heavy atom. The number of aromatic nitrogens is 3. The SMILES string of the molecule is CCN1CCCC(n2c(-c3ccc(C)o3)nc3cccnc32)C1. The largest absolute Gasteiger partial charge is 0.458 e. The summed E-state index contributed by atoms with van der Waals surface area (Å²) in [6.45, 7) is 7.51. The molecule has 0 aromatic carbocycles. The molecule has 5 nitrogen and oxygen atoms in total. The van der Waals surface area contributed by atoms with Gasteiger partial charge >= 0.3 is 0 Å². The smallest absolute Gasteiger partial charge is 0.178 e. The molecule has 1 saturated heterocycles. The Labute approximate surface area is 135 Å². The van der Waals surface area contributed by atoms with E-state index in [4.69, 9.17) is 9.40 Å². The Morgan fingerprint density at radius 1 is 1.30 bits per heavy atom. The number of likely N-dealkylation sites (N-methyl/N-ethyl adjacent to an activating group) is 1.